The van der Waals surface area contributed by atoms with Crippen LogP contribution in [-0.2, 0) is 36.7 Å². The van der Waals surface area contributed by atoms with Gasteiger partial charge in [0.05, 0.1) is 20.1 Å². The van der Waals surface area contributed by atoms with E-state index >= 15 is 0 Å². The predicted molar refractivity (Wildman–Crippen MR) is 191 cm³/mol. The van der Waals surface area contributed by atoms with Crippen LogP contribution in [0.2, 0.25) is 18.1 Å². The van der Waals surface area contributed by atoms with Gasteiger partial charge >= 0.3 is 5.97 Å². The molecule has 3 aromatic carbocycles. The highest BCUT2D eigenvalue weighted by molar-refractivity contribution is 8.03. The first-order valence-corrected chi connectivity index (χ1v) is 20.0. The molecule has 0 radical (unpaired) electrons. The van der Waals surface area contributed by atoms with Gasteiger partial charge in [-0.25, -0.2) is 9.86 Å². The van der Waals surface area contributed by atoms with E-state index in [1.807, 2.05) is 49.5 Å². The number of esters is 1. The maximum Gasteiger partial charge on any atom is 0.333 e. The highest BCUT2D eigenvalue weighted by atomic mass is 32.2. The molecule has 0 spiro atoms. The Morgan fingerprint density at radius 1 is 0.918 bits per heavy atom. The summed E-state index contributed by atoms with van der Waals surface area (Å²) in [5, 5.41) is 5.22. The Balaban J connectivity index is 1.42. The van der Waals surface area contributed by atoms with Crippen LogP contribution < -0.4 is 10.1 Å². The second-order valence-corrected chi connectivity index (χ2v) is 19.3. The van der Waals surface area contributed by atoms with Gasteiger partial charge in [0.2, 0.25) is 20.1 Å². The molecule has 2 aliphatic rings. The third-order valence-electron chi connectivity index (χ3n) is 9.07. The number of methoxy groups -OCH3 is 1. The molecule has 1 saturated heterocycles. The molecule has 0 saturated carbocycles. The van der Waals surface area contributed by atoms with Crippen LogP contribution in [0, 0.1) is 0 Å². The van der Waals surface area contributed by atoms with Gasteiger partial charge in [-0.1, -0.05) is 81.4 Å². The Morgan fingerprint density at radius 3 is 2.16 bits per heavy atom. The van der Waals surface area contributed by atoms with Crippen LogP contribution in [0.4, 0.5) is 0 Å². The SMILES string of the molecule is COc1ccc(COC(=O)C2C(CN(O[Si](C)(C)C(C)(C)C)C(=O)c3ccccc3)=CS[C@@H]3[C@H](NC(=O)Cc4ccccc4)C(=O)N23)cc1. The fraction of sp³-hybridized carbons (Fsp3) is 0.351. The van der Waals surface area contributed by atoms with Crippen LogP contribution in [0.15, 0.2) is 95.9 Å². The van der Waals surface area contributed by atoms with E-state index in [1.54, 1.807) is 61.0 Å². The van der Waals surface area contributed by atoms with Gasteiger partial charge < -0.3 is 24.2 Å². The number of thioether (sulfide) groups is 1. The number of benzene rings is 3. The molecular formula is C37H43N3O7SSi. The van der Waals surface area contributed by atoms with Gasteiger partial charge in [-0.15, -0.1) is 11.8 Å². The summed E-state index contributed by atoms with van der Waals surface area (Å²) in [5.41, 5.74) is 2.48. The number of fused-ring (bicyclic) bond motifs is 1. The largest absolute Gasteiger partial charge is 0.497 e. The average Bonchev–Trinajstić information content (AvgIpc) is 3.09. The van der Waals surface area contributed by atoms with E-state index in [1.165, 1.54) is 21.7 Å². The minimum Gasteiger partial charge on any atom is -0.497 e. The fourth-order valence-corrected chi connectivity index (χ4v) is 7.42. The Morgan fingerprint density at radius 2 is 1.55 bits per heavy atom. The number of hydrogen-bond acceptors (Lipinski definition) is 8. The van der Waals surface area contributed by atoms with Gasteiger partial charge in [0.25, 0.3) is 5.91 Å². The lowest BCUT2D eigenvalue weighted by Crippen LogP contribution is -2.74. The first kappa shape index (κ1) is 35.9. The second-order valence-electron chi connectivity index (χ2n) is 13.6. The lowest BCUT2D eigenvalue weighted by molar-refractivity contribution is -0.164. The second kappa shape index (κ2) is 15.0. The van der Waals surface area contributed by atoms with Crippen molar-refractivity contribution >= 4 is 43.8 Å². The third kappa shape index (κ3) is 8.26. The monoisotopic (exact) mass is 701 g/mol. The minimum absolute atomic E-state index is 0.0309. The summed E-state index contributed by atoms with van der Waals surface area (Å²) in [7, 11) is -0.968. The highest BCUT2D eigenvalue weighted by Gasteiger charge is 2.56. The van der Waals surface area contributed by atoms with Gasteiger partial charge in [0.1, 0.15) is 23.8 Å². The van der Waals surface area contributed by atoms with E-state index in [2.05, 4.69) is 26.1 Å². The average molecular weight is 702 g/mol. The van der Waals surface area contributed by atoms with Crippen LogP contribution in [0.25, 0.3) is 0 Å². The Labute approximate surface area is 292 Å². The zero-order chi connectivity index (χ0) is 35.3. The van der Waals surface area contributed by atoms with Crippen molar-refractivity contribution in [3.63, 3.8) is 0 Å². The van der Waals surface area contributed by atoms with Crippen molar-refractivity contribution in [2.24, 2.45) is 0 Å². The maximum atomic E-state index is 14.0. The quantitative estimate of drug-likeness (QED) is 0.111. The highest BCUT2D eigenvalue weighted by Crippen LogP contribution is 2.42. The number of nitrogens with one attached hydrogen (secondary N) is 1. The number of ether oxygens (including phenoxy) is 2. The molecule has 2 heterocycles. The topological polar surface area (TPSA) is 114 Å². The molecule has 258 valence electrons. The molecule has 1 fully saturated rings. The van der Waals surface area contributed by atoms with Gasteiger partial charge in [0, 0.05) is 5.56 Å². The maximum absolute atomic E-state index is 14.0. The molecule has 12 heteroatoms. The van der Waals surface area contributed by atoms with Gasteiger partial charge in [0.15, 0.2) is 6.04 Å². The third-order valence-corrected chi connectivity index (χ3v) is 14.6. The van der Waals surface area contributed by atoms with Crippen molar-refractivity contribution < 1.29 is 33.2 Å². The molecule has 49 heavy (non-hydrogen) atoms. The predicted octanol–water partition coefficient (Wildman–Crippen LogP) is 5.71. The van der Waals surface area contributed by atoms with Crippen LogP contribution >= 0.6 is 11.8 Å². The van der Waals surface area contributed by atoms with E-state index in [-0.39, 0.29) is 36.4 Å². The van der Waals surface area contributed by atoms with E-state index in [9.17, 15) is 19.2 Å². The van der Waals surface area contributed by atoms with Crippen molar-refractivity contribution in [2.45, 2.75) is 69.4 Å². The molecule has 0 bridgehead atoms. The minimum atomic E-state index is -2.54. The molecule has 3 aromatic rings. The van der Waals surface area contributed by atoms with Crippen molar-refractivity contribution in [3.8, 4) is 5.75 Å². The van der Waals surface area contributed by atoms with Crippen LogP contribution in [0.3, 0.4) is 0 Å². The summed E-state index contributed by atoms with van der Waals surface area (Å²) in [5.74, 6) is -1.02. The van der Waals surface area contributed by atoms with Crippen LogP contribution in [-0.4, -0.2) is 73.1 Å². The molecule has 5 rings (SSSR count). The molecule has 10 nitrogen and oxygen atoms in total. The Kier molecular flexibility index (Phi) is 11.0. The van der Waals surface area contributed by atoms with Crippen molar-refractivity contribution in [2.75, 3.05) is 13.7 Å². The lowest BCUT2D eigenvalue weighted by Gasteiger charge is -2.52. The molecule has 1 N–H and O–H groups in total. The molecule has 3 atom stereocenters. The number of carbonyl (C=O) groups excluding carboxylic acids is 4. The number of nitrogens with zero attached hydrogens (tertiary/aromatic N) is 2. The summed E-state index contributed by atoms with van der Waals surface area (Å²) >= 11 is 1.32. The normalized spacial score (nSPS) is 18.8. The fourth-order valence-electron chi connectivity index (χ4n) is 5.24. The van der Waals surface area contributed by atoms with E-state index in [0.717, 1.165) is 11.1 Å². The summed E-state index contributed by atoms with van der Waals surface area (Å²) in [6, 6.07) is 23.3. The van der Waals surface area contributed by atoms with E-state index in [0.29, 0.717) is 16.9 Å². The Bertz CT molecular complexity index is 1690. The first-order valence-electron chi connectivity index (χ1n) is 16.1. The zero-order valence-corrected chi connectivity index (χ0v) is 30.5. The molecular weight excluding hydrogens is 659 g/mol. The summed E-state index contributed by atoms with van der Waals surface area (Å²) in [6.45, 7) is 10.2. The number of rotatable bonds is 12. The molecule has 0 aliphatic carbocycles. The molecule has 3 amide bonds. The zero-order valence-electron chi connectivity index (χ0n) is 28.7. The van der Waals surface area contributed by atoms with Crippen molar-refractivity contribution in [3.05, 3.63) is 113 Å². The van der Waals surface area contributed by atoms with Crippen molar-refractivity contribution in [1.29, 1.82) is 0 Å². The standard InChI is InChI=1S/C37H43N3O7SSi/c1-37(2,3)49(5,6)47-39(33(42)27-15-11-8-12-16-27)22-28-24-48-35-31(38-30(41)21-25-13-9-7-10-14-25)34(43)40(35)32(28)36(44)46-23-26-17-19-29(45-4)20-18-26/h7-20,24,31-32,35H,21-23H2,1-6H3,(H,38,41)/t31-,32?,35-/m1/s1. The summed E-state index contributed by atoms with van der Waals surface area (Å²) in [6.07, 6.45) is 0.123. The molecule has 2 aliphatic heterocycles. The van der Waals surface area contributed by atoms with Crippen LogP contribution in [0.5, 0.6) is 5.75 Å². The van der Waals surface area contributed by atoms with Gasteiger partial charge in [-0.3, -0.25) is 14.4 Å². The summed E-state index contributed by atoms with van der Waals surface area (Å²) in [4.78, 5) is 56.0. The van der Waals surface area contributed by atoms with E-state index in [4.69, 9.17) is 14.0 Å². The Hall–Kier alpha value is -4.39. The molecule has 0 aromatic heterocycles. The number of hydroxylamine groups is 2. The summed E-state index contributed by atoms with van der Waals surface area (Å²) < 4.78 is 17.6. The first-order chi connectivity index (χ1) is 23.3. The number of carbonyl (C=O) groups is 4. The smallest absolute Gasteiger partial charge is 0.333 e. The molecule has 1 unspecified atom stereocenters. The van der Waals surface area contributed by atoms with Crippen molar-refractivity contribution in [1.82, 2.24) is 15.3 Å². The van der Waals surface area contributed by atoms with Gasteiger partial charge in [-0.2, -0.15) is 0 Å². The van der Waals surface area contributed by atoms with Crippen LogP contribution in [0.1, 0.15) is 42.3 Å². The van der Waals surface area contributed by atoms with Gasteiger partial charge in [-0.05, 0) is 64.5 Å². The lowest BCUT2D eigenvalue weighted by atomic mass is 9.97. The number of amides is 3. The van der Waals surface area contributed by atoms with E-state index < -0.39 is 37.7 Å². The number of β-lactam (4-membered cyclic amide) rings is 1. The number of hydrogen-bond donors (Lipinski definition) is 1.